The van der Waals surface area contributed by atoms with Crippen molar-refractivity contribution in [3.63, 3.8) is 0 Å². The van der Waals surface area contributed by atoms with E-state index in [0.29, 0.717) is 49.8 Å². The number of nitrogens with zero attached hydrogens (tertiary/aromatic N) is 4. The van der Waals surface area contributed by atoms with Gasteiger partial charge in [-0.25, -0.2) is 20.1 Å². The van der Waals surface area contributed by atoms with Crippen molar-refractivity contribution in [3.05, 3.63) is 0 Å². The van der Waals surface area contributed by atoms with Crippen LogP contribution in [0.3, 0.4) is 0 Å². The Morgan fingerprint density at radius 2 is 1.93 bits per heavy atom. The summed E-state index contributed by atoms with van der Waals surface area (Å²) < 4.78 is 5.19. The number of amides is 4. The third kappa shape index (κ3) is 4.96. The summed E-state index contributed by atoms with van der Waals surface area (Å²) in [7, 11) is 0. The van der Waals surface area contributed by atoms with Crippen LogP contribution in [-0.2, 0) is 14.4 Å². The van der Waals surface area contributed by atoms with Gasteiger partial charge in [-0.2, -0.15) is 4.99 Å². The number of carbonyl (C=O) groups is 3. The fourth-order valence-electron chi connectivity index (χ4n) is 3.74. The van der Waals surface area contributed by atoms with E-state index in [0.717, 1.165) is 0 Å². The highest BCUT2D eigenvalue weighted by Crippen LogP contribution is 2.28. The Morgan fingerprint density at radius 1 is 1.21 bits per heavy atom. The molecule has 3 saturated heterocycles. The minimum Gasteiger partial charge on any atom is -0.442 e. The van der Waals surface area contributed by atoms with E-state index in [-0.39, 0.29) is 12.1 Å². The van der Waals surface area contributed by atoms with Gasteiger partial charge in [0.25, 0.3) is 5.91 Å². The van der Waals surface area contributed by atoms with Crippen molar-refractivity contribution in [2.24, 2.45) is 4.99 Å². The Kier molecular flexibility index (Phi) is 5.99. The topological polar surface area (TPSA) is 124 Å². The van der Waals surface area contributed by atoms with Gasteiger partial charge in [0.2, 0.25) is 0 Å². The number of urea groups is 1. The average molecular weight is 411 g/mol. The van der Waals surface area contributed by atoms with Gasteiger partial charge in [-0.15, -0.1) is 0 Å². The van der Waals surface area contributed by atoms with Crippen molar-refractivity contribution in [2.75, 3.05) is 19.6 Å². The number of fused-ring (bicyclic) bond motifs is 2. The summed E-state index contributed by atoms with van der Waals surface area (Å²) in [5.41, 5.74) is 1.85. The number of piperidine rings is 1. The summed E-state index contributed by atoms with van der Waals surface area (Å²) in [6.45, 7) is 8.50. The second-order valence-corrected chi connectivity index (χ2v) is 8.61. The Bertz CT molecular complexity index is 705. The molecule has 3 fully saturated rings. The van der Waals surface area contributed by atoms with Gasteiger partial charge in [0.1, 0.15) is 23.6 Å². The molecule has 11 heteroatoms. The van der Waals surface area contributed by atoms with Crippen LogP contribution in [0.25, 0.3) is 0 Å². The molecule has 0 radical (unpaired) electrons. The van der Waals surface area contributed by atoms with Crippen molar-refractivity contribution in [2.45, 2.75) is 70.7 Å². The van der Waals surface area contributed by atoms with Gasteiger partial charge in [0.05, 0.1) is 6.04 Å². The lowest BCUT2D eigenvalue weighted by Crippen LogP contribution is -2.50. The van der Waals surface area contributed by atoms with Gasteiger partial charge in [-0.05, 0) is 47.0 Å². The van der Waals surface area contributed by atoms with Crippen LogP contribution in [0.4, 0.5) is 9.59 Å². The summed E-state index contributed by atoms with van der Waals surface area (Å²) in [4.78, 5) is 49.0. The van der Waals surface area contributed by atoms with Gasteiger partial charge >= 0.3 is 12.1 Å². The van der Waals surface area contributed by atoms with E-state index in [9.17, 15) is 19.6 Å². The molecule has 29 heavy (non-hydrogen) atoms. The molecule has 2 bridgehead atoms. The van der Waals surface area contributed by atoms with Crippen LogP contribution in [-0.4, -0.2) is 87.4 Å². The molecule has 2 N–H and O–H groups in total. The Morgan fingerprint density at radius 3 is 2.62 bits per heavy atom. The molecular weight excluding hydrogens is 382 g/mol. The Hall–Kier alpha value is -2.40. The smallest absolute Gasteiger partial charge is 0.435 e. The highest BCUT2D eigenvalue weighted by molar-refractivity contribution is 5.90. The summed E-state index contributed by atoms with van der Waals surface area (Å²) in [5.74, 6) is 0.130. The summed E-state index contributed by atoms with van der Waals surface area (Å²) in [6, 6.07) is -1.44. The van der Waals surface area contributed by atoms with E-state index in [2.05, 4.69) is 10.5 Å². The minimum absolute atomic E-state index is 0.247. The highest BCUT2D eigenvalue weighted by atomic mass is 16.7. The molecule has 4 amide bonds. The number of carbonyl (C=O) groups excluding carboxylic acids is 3. The average Bonchev–Trinajstić information content (AvgIpc) is 3.19. The third-order valence-electron chi connectivity index (χ3n) is 5.22. The van der Waals surface area contributed by atoms with E-state index in [1.807, 2.05) is 4.90 Å². The fraction of sp³-hybridized carbons (Fsp3) is 0.778. The molecule has 0 aromatic rings. The molecule has 0 unspecified atom stereocenters. The van der Waals surface area contributed by atoms with Gasteiger partial charge in [0.15, 0.2) is 0 Å². The lowest BCUT2D eigenvalue weighted by atomic mass is 10.0. The molecule has 11 nitrogen and oxygen atoms in total. The van der Waals surface area contributed by atoms with Crippen LogP contribution in [0, 0.1) is 0 Å². The van der Waals surface area contributed by atoms with Gasteiger partial charge in [0, 0.05) is 19.6 Å². The van der Waals surface area contributed by atoms with Crippen LogP contribution >= 0.6 is 0 Å². The van der Waals surface area contributed by atoms with Gasteiger partial charge < -0.3 is 14.5 Å². The lowest BCUT2D eigenvalue weighted by Gasteiger charge is -2.29. The van der Waals surface area contributed by atoms with Crippen molar-refractivity contribution in [1.82, 2.24) is 20.3 Å². The van der Waals surface area contributed by atoms with Crippen molar-refractivity contribution in [3.8, 4) is 0 Å². The molecule has 3 aliphatic heterocycles. The molecule has 3 atom stereocenters. The minimum atomic E-state index is -0.649. The number of likely N-dealkylation sites (tertiary alicyclic amines) is 1. The maximum absolute atomic E-state index is 12.5. The van der Waals surface area contributed by atoms with Crippen LogP contribution < -0.4 is 5.48 Å². The highest BCUT2D eigenvalue weighted by Gasteiger charge is 2.47. The monoisotopic (exact) mass is 411 g/mol. The first kappa shape index (κ1) is 21.3. The van der Waals surface area contributed by atoms with Crippen molar-refractivity contribution >= 4 is 23.9 Å². The number of hydrogen-bond donors (Lipinski definition) is 2. The molecule has 3 rings (SSSR count). The summed E-state index contributed by atoms with van der Waals surface area (Å²) >= 11 is 0. The van der Waals surface area contributed by atoms with E-state index >= 15 is 0 Å². The largest absolute Gasteiger partial charge is 0.442 e. The molecule has 0 saturated carbocycles. The molecule has 0 aliphatic carbocycles. The van der Waals surface area contributed by atoms with Crippen LogP contribution in [0.5, 0.6) is 0 Å². The van der Waals surface area contributed by atoms with Crippen LogP contribution in [0.15, 0.2) is 4.99 Å². The molecular formula is C18H29N5O6. The molecule has 0 aromatic heterocycles. The maximum atomic E-state index is 12.5. The Balaban J connectivity index is 1.46. The second-order valence-electron chi connectivity index (χ2n) is 8.61. The maximum Gasteiger partial charge on any atom is 0.435 e. The SMILES string of the molecule is CC(=NC(=O)OC(C)(C)C)N1CC[C@H](ONC(=O)[C@@H]2CC[C@@H]3CN2C(=O)N3O)C1. The van der Waals surface area contributed by atoms with E-state index in [1.54, 1.807) is 27.7 Å². The van der Waals surface area contributed by atoms with Gasteiger partial charge in [-0.1, -0.05) is 0 Å². The fourth-order valence-corrected chi connectivity index (χ4v) is 3.74. The molecule has 0 spiro atoms. The summed E-state index contributed by atoms with van der Waals surface area (Å²) in [6.07, 6.45) is 0.788. The zero-order valence-corrected chi connectivity index (χ0v) is 17.3. The number of nitrogens with one attached hydrogen (secondary N) is 1. The van der Waals surface area contributed by atoms with E-state index in [1.165, 1.54) is 4.90 Å². The van der Waals surface area contributed by atoms with Crippen molar-refractivity contribution < 1.29 is 29.2 Å². The number of rotatable bonds is 3. The summed E-state index contributed by atoms with van der Waals surface area (Å²) in [5, 5.41) is 10.4. The zero-order valence-electron chi connectivity index (χ0n) is 17.3. The molecule has 162 valence electrons. The number of hydrogen-bond acceptors (Lipinski definition) is 6. The lowest BCUT2D eigenvalue weighted by molar-refractivity contribution is -0.143. The molecule has 0 aromatic carbocycles. The number of amidine groups is 1. The predicted molar refractivity (Wildman–Crippen MR) is 101 cm³/mol. The predicted octanol–water partition coefficient (Wildman–Crippen LogP) is 1.12. The van der Waals surface area contributed by atoms with E-state index < -0.39 is 29.7 Å². The standard InChI is InChI=1S/C18H29N5O6/c1-11(19-16(25)28-18(2,3)4)21-8-7-13(10-21)29-20-15(24)14-6-5-12-9-22(14)17(26)23(12)27/h12-14,27H,5-10H2,1-4H3,(H,20,24)/t12-,13+,14+/m1/s1. The first-order valence-corrected chi connectivity index (χ1v) is 9.82. The van der Waals surface area contributed by atoms with Crippen LogP contribution in [0.2, 0.25) is 0 Å². The third-order valence-corrected chi connectivity index (χ3v) is 5.22. The first-order valence-electron chi connectivity index (χ1n) is 9.82. The molecule has 3 aliphatic rings. The van der Waals surface area contributed by atoms with Crippen molar-refractivity contribution in [1.29, 1.82) is 0 Å². The number of hydroxylamine groups is 3. The quantitative estimate of drug-likeness (QED) is 0.309. The second kappa shape index (κ2) is 8.15. The normalized spacial score (nSPS) is 27.5. The number of ether oxygens (including phenoxy) is 1. The van der Waals surface area contributed by atoms with Gasteiger partial charge in [-0.3, -0.25) is 14.8 Å². The van der Waals surface area contributed by atoms with E-state index in [4.69, 9.17) is 9.57 Å². The number of aliphatic imine (C=N–C) groups is 1. The molecule has 3 heterocycles. The van der Waals surface area contributed by atoms with Crippen LogP contribution in [0.1, 0.15) is 47.0 Å². The first-order chi connectivity index (χ1) is 13.5. The Labute approximate surface area is 169 Å². The zero-order chi connectivity index (χ0) is 21.3.